The summed E-state index contributed by atoms with van der Waals surface area (Å²) in [5.74, 6) is 0.221. The number of imidazole rings is 1. The first-order valence-electron chi connectivity index (χ1n) is 5.90. The average Bonchev–Trinajstić information content (AvgIpc) is 2.91. The molecule has 96 valence electrons. The smallest absolute Gasteiger partial charge is 0.261 e. The molecule has 6 heteroatoms. The highest BCUT2D eigenvalue weighted by Gasteiger charge is 2.14. The van der Waals surface area contributed by atoms with Crippen molar-refractivity contribution < 1.29 is 4.79 Å². The Balaban J connectivity index is 1.88. The zero-order chi connectivity index (χ0) is 13.4. The summed E-state index contributed by atoms with van der Waals surface area (Å²) in [6, 6.07) is 7.61. The van der Waals surface area contributed by atoms with E-state index >= 15 is 0 Å². The lowest BCUT2D eigenvalue weighted by atomic mass is 10.2. The van der Waals surface area contributed by atoms with Crippen LogP contribution in [0, 0.1) is 6.92 Å². The molecule has 2 heterocycles. The molecule has 0 aliphatic heterocycles. The highest BCUT2D eigenvalue weighted by molar-refractivity contribution is 6.04. The molecule has 6 nitrogen and oxygen atoms in total. The molecule has 0 fully saturated rings. The first-order chi connectivity index (χ1) is 9.13. The lowest BCUT2D eigenvalue weighted by Crippen LogP contribution is -2.13. The highest BCUT2D eigenvalue weighted by Crippen LogP contribution is 2.14. The maximum atomic E-state index is 12.1. The van der Waals surface area contributed by atoms with Gasteiger partial charge in [-0.1, -0.05) is 12.1 Å². The molecule has 0 unspecified atom stereocenters. The van der Waals surface area contributed by atoms with Crippen LogP contribution in [-0.2, 0) is 7.05 Å². The molecule has 3 aromatic rings. The molecular weight excluding hydrogens is 242 g/mol. The minimum Gasteiger partial charge on any atom is -0.324 e. The fourth-order valence-corrected chi connectivity index (χ4v) is 2.01. The van der Waals surface area contributed by atoms with Gasteiger partial charge in [-0.2, -0.15) is 5.10 Å². The van der Waals surface area contributed by atoms with Gasteiger partial charge < -0.3 is 4.98 Å². The van der Waals surface area contributed by atoms with Crippen molar-refractivity contribution in [1.29, 1.82) is 0 Å². The van der Waals surface area contributed by atoms with Crippen molar-refractivity contribution >= 4 is 22.9 Å². The first-order valence-corrected chi connectivity index (χ1v) is 5.90. The van der Waals surface area contributed by atoms with Crippen LogP contribution in [0.1, 0.15) is 16.1 Å². The summed E-state index contributed by atoms with van der Waals surface area (Å²) in [6.45, 7) is 1.80. The Morgan fingerprint density at radius 2 is 2.16 bits per heavy atom. The predicted octanol–water partition coefficient (Wildman–Crippen LogP) is 1.86. The molecule has 0 aliphatic carbocycles. The van der Waals surface area contributed by atoms with E-state index in [1.165, 1.54) is 0 Å². The summed E-state index contributed by atoms with van der Waals surface area (Å²) < 4.78 is 1.61. The number of nitrogens with zero attached hydrogens (tertiary/aromatic N) is 3. The van der Waals surface area contributed by atoms with Crippen LogP contribution in [0.5, 0.6) is 0 Å². The van der Waals surface area contributed by atoms with Gasteiger partial charge in [0.15, 0.2) is 0 Å². The largest absolute Gasteiger partial charge is 0.324 e. The van der Waals surface area contributed by atoms with Crippen molar-refractivity contribution in [3.63, 3.8) is 0 Å². The third-order valence-corrected chi connectivity index (χ3v) is 2.88. The Labute approximate surface area is 109 Å². The number of H-pyrrole nitrogens is 1. The Morgan fingerprint density at radius 3 is 2.84 bits per heavy atom. The van der Waals surface area contributed by atoms with E-state index in [0.717, 1.165) is 11.0 Å². The molecule has 1 aromatic carbocycles. The van der Waals surface area contributed by atoms with Gasteiger partial charge in [0.25, 0.3) is 5.91 Å². The van der Waals surface area contributed by atoms with Crippen molar-refractivity contribution in [2.24, 2.45) is 7.05 Å². The van der Waals surface area contributed by atoms with E-state index < -0.39 is 0 Å². The summed E-state index contributed by atoms with van der Waals surface area (Å²) in [6.07, 6.45) is 1.69. The summed E-state index contributed by atoms with van der Waals surface area (Å²) in [5.41, 5.74) is 2.94. The Morgan fingerprint density at radius 1 is 1.37 bits per heavy atom. The zero-order valence-corrected chi connectivity index (χ0v) is 10.6. The number of carbonyl (C=O) groups is 1. The number of amides is 1. The number of rotatable bonds is 2. The zero-order valence-electron chi connectivity index (χ0n) is 10.6. The minimum absolute atomic E-state index is 0.218. The monoisotopic (exact) mass is 255 g/mol. The topological polar surface area (TPSA) is 75.6 Å². The minimum atomic E-state index is -0.218. The van der Waals surface area contributed by atoms with Crippen LogP contribution in [0.2, 0.25) is 0 Å². The van der Waals surface area contributed by atoms with E-state index in [-0.39, 0.29) is 5.91 Å². The van der Waals surface area contributed by atoms with Crippen LogP contribution in [0.15, 0.2) is 30.5 Å². The van der Waals surface area contributed by atoms with E-state index in [1.54, 1.807) is 24.9 Å². The summed E-state index contributed by atoms with van der Waals surface area (Å²) >= 11 is 0. The van der Waals surface area contributed by atoms with Crippen LogP contribution in [0.4, 0.5) is 5.95 Å². The van der Waals surface area contributed by atoms with Gasteiger partial charge in [0.1, 0.15) is 0 Å². The fraction of sp³-hybridized carbons (Fsp3) is 0.154. The number of aromatic amines is 1. The van der Waals surface area contributed by atoms with Gasteiger partial charge in [-0.3, -0.25) is 14.8 Å². The van der Waals surface area contributed by atoms with E-state index in [9.17, 15) is 4.79 Å². The number of aryl methyl sites for hydroxylation is 2. The van der Waals surface area contributed by atoms with E-state index in [1.807, 2.05) is 24.3 Å². The number of fused-ring (bicyclic) bond motifs is 1. The van der Waals surface area contributed by atoms with Crippen molar-refractivity contribution in [1.82, 2.24) is 19.7 Å². The van der Waals surface area contributed by atoms with Gasteiger partial charge in [0.05, 0.1) is 22.3 Å². The summed E-state index contributed by atoms with van der Waals surface area (Å²) in [4.78, 5) is 19.5. The Kier molecular flexibility index (Phi) is 2.56. The number of hydrogen-bond donors (Lipinski definition) is 2. The number of carbonyl (C=O) groups excluding carboxylic acids is 1. The quantitative estimate of drug-likeness (QED) is 0.733. The third kappa shape index (κ3) is 2.08. The number of hydrogen-bond acceptors (Lipinski definition) is 3. The lowest BCUT2D eigenvalue weighted by molar-refractivity contribution is 0.102. The number of aromatic nitrogens is 4. The van der Waals surface area contributed by atoms with Crippen molar-refractivity contribution in [2.45, 2.75) is 6.92 Å². The van der Waals surface area contributed by atoms with Gasteiger partial charge in [-0.25, -0.2) is 4.98 Å². The molecule has 0 saturated carbocycles. The average molecular weight is 255 g/mol. The molecule has 0 bridgehead atoms. The van der Waals surface area contributed by atoms with Crippen LogP contribution < -0.4 is 5.32 Å². The lowest BCUT2D eigenvalue weighted by Gasteiger charge is -1.99. The number of para-hydroxylation sites is 2. The van der Waals surface area contributed by atoms with Gasteiger partial charge in [0.2, 0.25) is 5.95 Å². The molecule has 19 heavy (non-hydrogen) atoms. The maximum absolute atomic E-state index is 12.1. The molecule has 0 aliphatic rings. The number of anilines is 1. The van der Waals surface area contributed by atoms with E-state index in [4.69, 9.17) is 0 Å². The van der Waals surface area contributed by atoms with Gasteiger partial charge in [-0.15, -0.1) is 0 Å². The van der Waals surface area contributed by atoms with Gasteiger partial charge in [0, 0.05) is 13.2 Å². The Hall–Kier alpha value is -2.63. The van der Waals surface area contributed by atoms with E-state index in [0.29, 0.717) is 17.2 Å². The molecule has 1 amide bonds. The van der Waals surface area contributed by atoms with Gasteiger partial charge in [-0.05, 0) is 19.1 Å². The maximum Gasteiger partial charge on any atom is 0.261 e. The van der Waals surface area contributed by atoms with Gasteiger partial charge >= 0.3 is 0 Å². The molecule has 0 spiro atoms. The van der Waals surface area contributed by atoms with Crippen molar-refractivity contribution in [2.75, 3.05) is 5.32 Å². The van der Waals surface area contributed by atoms with Crippen LogP contribution in [-0.4, -0.2) is 25.7 Å². The van der Waals surface area contributed by atoms with Crippen LogP contribution in [0.25, 0.3) is 11.0 Å². The molecular formula is C13H13N5O. The van der Waals surface area contributed by atoms with Crippen molar-refractivity contribution in [3.05, 3.63) is 41.7 Å². The molecule has 0 saturated heterocycles. The SMILES string of the molecule is Cc1nn(C)cc1C(=O)Nc1nc2ccccc2[nH]1. The second-order valence-corrected chi connectivity index (χ2v) is 4.36. The number of nitrogens with one attached hydrogen (secondary N) is 2. The standard InChI is InChI=1S/C13H13N5O/c1-8-9(7-18(2)17-8)12(19)16-13-14-10-5-3-4-6-11(10)15-13/h3-7H,1-2H3,(H2,14,15,16,19). The summed E-state index contributed by atoms with van der Waals surface area (Å²) in [7, 11) is 1.78. The molecule has 0 radical (unpaired) electrons. The molecule has 3 rings (SSSR count). The molecule has 2 N–H and O–H groups in total. The molecule has 0 atom stereocenters. The third-order valence-electron chi connectivity index (χ3n) is 2.88. The second-order valence-electron chi connectivity index (χ2n) is 4.36. The second kappa shape index (κ2) is 4.24. The fourth-order valence-electron chi connectivity index (χ4n) is 2.01. The molecule has 2 aromatic heterocycles. The highest BCUT2D eigenvalue weighted by atomic mass is 16.1. The van der Waals surface area contributed by atoms with Crippen LogP contribution >= 0.6 is 0 Å². The van der Waals surface area contributed by atoms with Crippen LogP contribution in [0.3, 0.4) is 0 Å². The van der Waals surface area contributed by atoms with Crippen molar-refractivity contribution in [3.8, 4) is 0 Å². The number of benzene rings is 1. The van der Waals surface area contributed by atoms with E-state index in [2.05, 4.69) is 20.4 Å². The first kappa shape index (κ1) is 11.5. The Bertz CT molecular complexity index is 722. The summed E-state index contributed by atoms with van der Waals surface area (Å²) in [5, 5.41) is 6.88. The normalized spacial score (nSPS) is 10.8. The predicted molar refractivity (Wildman–Crippen MR) is 72.0 cm³/mol.